The van der Waals surface area contributed by atoms with Gasteiger partial charge in [-0.15, -0.1) is 0 Å². The molecule has 1 amide bonds. The molecular weight excluding hydrogens is 346 g/mol. The summed E-state index contributed by atoms with van der Waals surface area (Å²) in [5.41, 5.74) is 3.21. The summed E-state index contributed by atoms with van der Waals surface area (Å²) >= 11 is 3.29. The molecule has 0 spiro atoms. The Bertz CT molecular complexity index is 696. The summed E-state index contributed by atoms with van der Waals surface area (Å²) < 4.78 is 5.87. The Labute approximate surface area is 137 Å². The summed E-state index contributed by atoms with van der Waals surface area (Å²) in [4.78, 5) is 23.7. The summed E-state index contributed by atoms with van der Waals surface area (Å²) in [6.07, 6.45) is 0. The standard InChI is InChI=1S/C17H16BrNO3/c1-11-3-8-15(12(2)9-11)19-16(20)10-22-17(21)13-4-6-14(18)7-5-13/h3-9H,10H2,1-2H3,(H,19,20). The number of hydrogen-bond donors (Lipinski definition) is 1. The average molecular weight is 362 g/mol. The monoisotopic (exact) mass is 361 g/mol. The van der Waals surface area contributed by atoms with E-state index in [1.54, 1.807) is 24.3 Å². The van der Waals surface area contributed by atoms with Crippen molar-refractivity contribution in [3.8, 4) is 0 Å². The molecule has 114 valence electrons. The van der Waals surface area contributed by atoms with Crippen molar-refractivity contribution < 1.29 is 14.3 Å². The van der Waals surface area contributed by atoms with E-state index in [0.29, 0.717) is 5.56 Å². The summed E-state index contributed by atoms with van der Waals surface area (Å²) in [6.45, 7) is 3.58. The predicted molar refractivity (Wildman–Crippen MR) is 89.0 cm³/mol. The van der Waals surface area contributed by atoms with Gasteiger partial charge in [-0.2, -0.15) is 0 Å². The van der Waals surface area contributed by atoms with Crippen molar-refractivity contribution >= 4 is 33.5 Å². The van der Waals surface area contributed by atoms with E-state index < -0.39 is 5.97 Å². The highest BCUT2D eigenvalue weighted by Crippen LogP contribution is 2.16. The van der Waals surface area contributed by atoms with Crippen LogP contribution in [0.15, 0.2) is 46.9 Å². The Morgan fingerprint density at radius 2 is 1.77 bits per heavy atom. The highest BCUT2D eigenvalue weighted by Gasteiger charge is 2.11. The van der Waals surface area contributed by atoms with Crippen molar-refractivity contribution in [3.05, 3.63) is 63.6 Å². The lowest BCUT2D eigenvalue weighted by atomic mass is 10.1. The molecule has 4 nitrogen and oxygen atoms in total. The quantitative estimate of drug-likeness (QED) is 0.841. The van der Waals surface area contributed by atoms with Crippen molar-refractivity contribution in [2.75, 3.05) is 11.9 Å². The first-order valence-electron chi connectivity index (χ1n) is 6.75. The largest absolute Gasteiger partial charge is 0.452 e. The minimum absolute atomic E-state index is 0.317. The molecule has 1 N–H and O–H groups in total. The third kappa shape index (κ3) is 4.43. The van der Waals surface area contributed by atoms with Crippen LogP contribution in [0.5, 0.6) is 0 Å². The van der Waals surface area contributed by atoms with Crippen molar-refractivity contribution in [2.45, 2.75) is 13.8 Å². The number of ether oxygens (including phenoxy) is 1. The zero-order chi connectivity index (χ0) is 16.1. The first-order valence-corrected chi connectivity index (χ1v) is 7.55. The molecule has 0 saturated carbocycles. The van der Waals surface area contributed by atoms with E-state index in [2.05, 4.69) is 21.2 Å². The fourth-order valence-corrected chi connectivity index (χ4v) is 2.20. The average Bonchev–Trinajstić information content (AvgIpc) is 2.48. The highest BCUT2D eigenvalue weighted by atomic mass is 79.9. The SMILES string of the molecule is Cc1ccc(NC(=O)COC(=O)c2ccc(Br)cc2)c(C)c1. The Kier molecular flexibility index (Phi) is 5.33. The zero-order valence-electron chi connectivity index (χ0n) is 12.4. The van der Waals surface area contributed by atoms with Gasteiger partial charge in [-0.3, -0.25) is 4.79 Å². The number of carbonyl (C=O) groups excluding carboxylic acids is 2. The van der Waals surface area contributed by atoms with Gasteiger partial charge in [-0.1, -0.05) is 33.6 Å². The molecule has 0 bridgehead atoms. The number of hydrogen-bond acceptors (Lipinski definition) is 3. The number of anilines is 1. The smallest absolute Gasteiger partial charge is 0.338 e. The van der Waals surface area contributed by atoms with Crippen molar-refractivity contribution in [2.24, 2.45) is 0 Å². The fourth-order valence-electron chi connectivity index (χ4n) is 1.94. The Morgan fingerprint density at radius 3 is 2.41 bits per heavy atom. The van der Waals surface area contributed by atoms with E-state index in [4.69, 9.17) is 4.74 Å². The van der Waals surface area contributed by atoms with Crippen molar-refractivity contribution in [3.63, 3.8) is 0 Å². The maximum Gasteiger partial charge on any atom is 0.338 e. The van der Waals surface area contributed by atoms with Gasteiger partial charge < -0.3 is 10.1 Å². The minimum atomic E-state index is -0.525. The van der Waals surface area contributed by atoms with E-state index in [1.807, 2.05) is 32.0 Å². The molecule has 0 radical (unpaired) electrons. The van der Waals surface area contributed by atoms with Crippen LogP contribution in [0.25, 0.3) is 0 Å². The van der Waals surface area contributed by atoms with Gasteiger partial charge in [0.05, 0.1) is 5.56 Å². The number of aryl methyl sites for hydroxylation is 2. The maximum atomic E-state index is 11.8. The highest BCUT2D eigenvalue weighted by molar-refractivity contribution is 9.10. The van der Waals surface area contributed by atoms with E-state index >= 15 is 0 Å². The molecule has 5 heteroatoms. The summed E-state index contributed by atoms with van der Waals surface area (Å²) in [7, 11) is 0. The first-order chi connectivity index (χ1) is 10.5. The number of benzene rings is 2. The number of carbonyl (C=O) groups is 2. The van der Waals surface area contributed by atoms with Gasteiger partial charge in [0, 0.05) is 10.2 Å². The number of esters is 1. The Hall–Kier alpha value is -2.14. The van der Waals surface area contributed by atoms with Gasteiger partial charge in [-0.25, -0.2) is 4.79 Å². The number of halogens is 1. The number of amides is 1. The molecule has 0 fully saturated rings. The minimum Gasteiger partial charge on any atom is -0.452 e. The van der Waals surface area contributed by atoms with Crippen LogP contribution in [-0.4, -0.2) is 18.5 Å². The van der Waals surface area contributed by atoms with E-state index in [1.165, 1.54) is 0 Å². The van der Waals surface area contributed by atoms with E-state index in [-0.39, 0.29) is 12.5 Å². The predicted octanol–water partition coefficient (Wildman–Crippen LogP) is 3.86. The van der Waals surface area contributed by atoms with Crippen molar-refractivity contribution in [1.82, 2.24) is 0 Å². The normalized spacial score (nSPS) is 10.1. The molecule has 2 rings (SSSR count). The maximum absolute atomic E-state index is 11.8. The molecule has 22 heavy (non-hydrogen) atoms. The molecule has 0 aliphatic rings. The summed E-state index contributed by atoms with van der Waals surface area (Å²) in [5, 5.41) is 2.73. The van der Waals surface area contributed by atoms with Crippen LogP contribution in [0.2, 0.25) is 0 Å². The van der Waals surface area contributed by atoms with E-state index in [0.717, 1.165) is 21.3 Å². The molecule has 2 aromatic rings. The van der Waals surface area contributed by atoms with E-state index in [9.17, 15) is 9.59 Å². The summed E-state index contributed by atoms with van der Waals surface area (Å²) in [5.74, 6) is -0.888. The molecule has 0 atom stereocenters. The molecule has 0 unspecified atom stereocenters. The van der Waals surface area contributed by atoms with Gasteiger partial charge in [0.1, 0.15) is 0 Å². The number of nitrogens with one attached hydrogen (secondary N) is 1. The van der Waals surface area contributed by atoms with Crippen LogP contribution in [-0.2, 0) is 9.53 Å². The van der Waals surface area contributed by atoms with Gasteiger partial charge in [0.2, 0.25) is 0 Å². The second kappa shape index (κ2) is 7.22. The Morgan fingerprint density at radius 1 is 1.09 bits per heavy atom. The topological polar surface area (TPSA) is 55.4 Å². The van der Waals surface area contributed by atoms with Crippen LogP contribution < -0.4 is 5.32 Å². The molecule has 0 saturated heterocycles. The lowest BCUT2D eigenvalue weighted by Crippen LogP contribution is -2.21. The molecular formula is C17H16BrNO3. The van der Waals surface area contributed by atoms with Gasteiger partial charge in [-0.05, 0) is 49.7 Å². The first kappa shape index (κ1) is 16.2. The second-order valence-corrected chi connectivity index (χ2v) is 5.87. The summed E-state index contributed by atoms with van der Waals surface area (Å²) in [6, 6.07) is 12.5. The molecule has 0 aliphatic carbocycles. The fraction of sp³-hybridized carbons (Fsp3) is 0.176. The van der Waals surface area contributed by atoms with Crippen LogP contribution in [0, 0.1) is 13.8 Å². The van der Waals surface area contributed by atoms with Crippen LogP contribution >= 0.6 is 15.9 Å². The van der Waals surface area contributed by atoms with Gasteiger partial charge in [0.15, 0.2) is 6.61 Å². The van der Waals surface area contributed by atoms with Gasteiger partial charge >= 0.3 is 5.97 Å². The molecule has 0 aliphatic heterocycles. The second-order valence-electron chi connectivity index (χ2n) is 4.95. The molecule has 0 heterocycles. The third-order valence-electron chi connectivity index (χ3n) is 3.07. The van der Waals surface area contributed by atoms with Crippen LogP contribution in [0.4, 0.5) is 5.69 Å². The van der Waals surface area contributed by atoms with Gasteiger partial charge in [0.25, 0.3) is 5.91 Å². The lowest BCUT2D eigenvalue weighted by Gasteiger charge is -2.09. The number of rotatable bonds is 4. The van der Waals surface area contributed by atoms with Crippen LogP contribution in [0.3, 0.4) is 0 Å². The molecule has 0 aromatic heterocycles. The third-order valence-corrected chi connectivity index (χ3v) is 3.60. The zero-order valence-corrected chi connectivity index (χ0v) is 13.9. The lowest BCUT2D eigenvalue weighted by molar-refractivity contribution is -0.119. The van der Waals surface area contributed by atoms with Crippen LogP contribution in [0.1, 0.15) is 21.5 Å². The molecule has 2 aromatic carbocycles. The Balaban J connectivity index is 1.89. The van der Waals surface area contributed by atoms with Crippen molar-refractivity contribution in [1.29, 1.82) is 0 Å².